The van der Waals surface area contributed by atoms with E-state index in [4.69, 9.17) is 0 Å². The van der Waals surface area contributed by atoms with Crippen molar-refractivity contribution in [2.75, 3.05) is 5.32 Å². The Balaban J connectivity index is 1.71. The van der Waals surface area contributed by atoms with Gasteiger partial charge in [-0.25, -0.2) is 19.9 Å². The molecule has 25 heavy (non-hydrogen) atoms. The van der Waals surface area contributed by atoms with Gasteiger partial charge >= 0.3 is 5.91 Å². The van der Waals surface area contributed by atoms with Gasteiger partial charge in [-0.05, 0) is 24.3 Å². The fourth-order valence-corrected chi connectivity index (χ4v) is 2.73. The fraction of sp³-hybridized carbons (Fsp3) is 0.0556. The van der Waals surface area contributed by atoms with Crippen LogP contribution in [0.3, 0.4) is 0 Å². The highest BCUT2D eigenvalue weighted by Crippen LogP contribution is 2.11. The smallest absolute Gasteiger partial charge is 0.301 e. The third-order valence-corrected chi connectivity index (χ3v) is 3.87. The van der Waals surface area contributed by atoms with Crippen molar-refractivity contribution >= 4 is 17.2 Å². The van der Waals surface area contributed by atoms with Crippen LogP contribution in [0.5, 0.6) is 0 Å². The Morgan fingerprint density at radius 2 is 2.20 bits per heavy atom. The fourth-order valence-electron chi connectivity index (χ4n) is 2.73. The van der Waals surface area contributed by atoms with Crippen LogP contribution in [0.1, 0.15) is 21.9 Å². The van der Waals surface area contributed by atoms with Crippen LogP contribution in [0.15, 0.2) is 67.5 Å². The van der Waals surface area contributed by atoms with E-state index in [-0.39, 0.29) is 5.91 Å². The van der Waals surface area contributed by atoms with Crippen LogP contribution >= 0.6 is 0 Å². The van der Waals surface area contributed by atoms with Gasteiger partial charge in [0.15, 0.2) is 17.9 Å². The molecule has 0 aromatic carbocycles. The number of fused-ring (bicyclic) bond motifs is 1. The molecule has 7 heteroatoms. The molecule has 3 N–H and O–H groups in total. The highest BCUT2D eigenvalue weighted by molar-refractivity contribution is 6.06. The highest BCUT2D eigenvalue weighted by Gasteiger charge is 2.24. The predicted octanol–water partition coefficient (Wildman–Crippen LogP) is 1.20. The molecule has 0 fully saturated rings. The van der Waals surface area contributed by atoms with Crippen molar-refractivity contribution in [2.24, 2.45) is 0 Å². The molecule has 122 valence electrons. The van der Waals surface area contributed by atoms with Gasteiger partial charge in [0.05, 0.1) is 12.6 Å². The first-order valence-electron chi connectivity index (χ1n) is 7.85. The molecule has 7 nitrogen and oxygen atoms in total. The van der Waals surface area contributed by atoms with Gasteiger partial charge in [0, 0.05) is 17.8 Å². The summed E-state index contributed by atoms with van der Waals surface area (Å²) in [4.78, 5) is 26.9. The van der Waals surface area contributed by atoms with E-state index >= 15 is 0 Å². The van der Waals surface area contributed by atoms with Gasteiger partial charge in [-0.15, -0.1) is 0 Å². The lowest BCUT2D eigenvalue weighted by Gasteiger charge is -1.99. The third kappa shape index (κ3) is 3.07. The maximum atomic E-state index is 12.7. The van der Waals surface area contributed by atoms with E-state index in [0.29, 0.717) is 17.9 Å². The largest absolute Gasteiger partial charge is 0.303 e. The van der Waals surface area contributed by atoms with Crippen LogP contribution in [-0.4, -0.2) is 20.9 Å². The van der Waals surface area contributed by atoms with Gasteiger partial charge in [-0.1, -0.05) is 6.07 Å². The van der Waals surface area contributed by atoms with E-state index in [0.717, 1.165) is 16.9 Å². The van der Waals surface area contributed by atoms with Crippen LogP contribution in [0.4, 0.5) is 5.82 Å². The summed E-state index contributed by atoms with van der Waals surface area (Å²) in [6.45, 7) is 0. The van der Waals surface area contributed by atoms with Crippen molar-refractivity contribution in [3.8, 4) is 0 Å². The maximum absolute atomic E-state index is 12.7. The van der Waals surface area contributed by atoms with E-state index < -0.39 is 0 Å². The molecule has 0 bridgehead atoms. The first kappa shape index (κ1) is 14.9. The zero-order chi connectivity index (χ0) is 17.1. The number of imidazole rings is 1. The zero-order valence-electron chi connectivity index (χ0n) is 13.3. The first-order chi connectivity index (χ1) is 12.3. The van der Waals surface area contributed by atoms with E-state index in [1.807, 2.05) is 53.3 Å². The summed E-state index contributed by atoms with van der Waals surface area (Å²) in [6, 6.07) is 11.4. The molecule has 0 saturated carbocycles. The summed E-state index contributed by atoms with van der Waals surface area (Å²) >= 11 is 0. The average Bonchev–Trinajstić information content (AvgIpc) is 3.02. The number of aromatic amines is 2. The van der Waals surface area contributed by atoms with Crippen molar-refractivity contribution in [3.63, 3.8) is 0 Å². The molecule has 1 amide bonds. The van der Waals surface area contributed by atoms with E-state index in [1.54, 1.807) is 12.3 Å². The number of aromatic nitrogens is 5. The Kier molecular flexibility index (Phi) is 3.88. The number of hydrogen-bond donors (Lipinski definition) is 2. The summed E-state index contributed by atoms with van der Waals surface area (Å²) in [5.41, 5.74) is 2.42. The molecular formula is C18H16N6O+2. The van der Waals surface area contributed by atoms with Gasteiger partial charge in [-0.3, -0.25) is 4.79 Å². The lowest BCUT2D eigenvalue weighted by Crippen LogP contribution is -2.25. The highest BCUT2D eigenvalue weighted by atomic mass is 16.2. The Bertz CT molecular complexity index is 1010. The SMILES string of the molecule is O=C(Nc1ccncn1)c1[nH]c(Cc2ccc[nH+]c2)[n+]2ccccc12. The molecule has 0 aliphatic carbocycles. The molecule has 4 rings (SSSR count). The van der Waals surface area contributed by atoms with Crippen molar-refractivity contribution in [1.29, 1.82) is 0 Å². The van der Waals surface area contributed by atoms with Gasteiger partial charge in [-0.2, -0.15) is 4.40 Å². The Morgan fingerprint density at radius 1 is 1.24 bits per heavy atom. The van der Waals surface area contributed by atoms with Crippen LogP contribution in [0.2, 0.25) is 0 Å². The number of nitrogens with one attached hydrogen (secondary N) is 3. The second-order valence-electron chi connectivity index (χ2n) is 5.54. The van der Waals surface area contributed by atoms with Gasteiger partial charge in [0.1, 0.15) is 12.1 Å². The molecule has 0 aliphatic rings. The number of anilines is 1. The molecular weight excluding hydrogens is 316 g/mol. The maximum Gasteiger partial charge on any atom is 0.301 e. The average molecular weight is 332 g/mol. The number of hydrogen-bond acceptors (Lipinski definition) is 3. The van der Waals surface area contributed by atoms with Crippen molar-refractivity contribution in [1.82, 2.24) is 15.0 Å². The molecule has 4 aromatic rings. The normalized spacial score (nSPS) is 10.7. The number of nitrogens with zero attached hydrogens (tertiary/aromatic N) is 3. The summed E-state index contributed by atoms with van der Waals surface area (Å²) < 4.78 is 1.99. The topological polar surface area (TPSA) is 88.9 Å². The summed E-state index contributed by atoms with van der Waals surface area (Å²) in [5, 5.41) is 2.79. The van der Waals surface area contributed by atoms with Crippen molar-refractivity contribution in [3.05, 3.63) is 84.6 Å². The Hall–Kier alpha value is -3.61. The third-order valence-electron chi connectivity index (χ3n) is 3.87. The van der Waals surface area contributed by atoms with Gasteiger partial charge in [0.25, 0.3) is 5.82 Å². The zero-order valence-corrected chi connectivity index (χ0v) is 13.3. The summed E-state index contributed by atoms with van der Waals surface area (Å²) in [6.07, 6.45) is 9.40. The van der Waals surface area contributed by atoms with Crippen LogP contribution in [0.25, 0.3) is 5.52 Å². The minimum atomic E-state index is -0.242. The van der Waals surface area contributed by atoms with Crippen LogP contribution in [-0.2, 0) is 6.42 Å². The first-order valence-corrected chi connectivity index (χ1v) is 7.85. The minimum Gasteiger partial charge on any atom is -0.303 e. The van der Waals surface area contributed by atoms with E-state index in [9.17, 15) is 4.79 Å². The monoisotopic (exact) mass is 332 g/mol. The molecule has 0 unspecified atom stereocenters. The lowest BCUT2D eigenvalue weighted by atomic mass is 10.2. The summed E-state index contributed by atoms with van der Waals surface area (Å²) in [7, 11) is 0. The second-order valence-corrected chi connectivity index (χ2v) is 5.54. The quantitative estimate of drug-likeness (QED) is 0.550. The Labute approximate surface area is 143 Å². The predicted molar refractivity (Wildman–Crippen MR) is 89.7 cm³/mol. The molecule has 0 atom stereocenters. The Morgan fingerprint density at radius 3 is 3.00 bits per heavy atom. The standard InChI is InChI=1S/C18H14N6O/c25-18(22-15-6-8-20-12-21-15)17-14-5-1-2-9-24(14)16(23-17)10-13-4-3-7-19-11-13/h1-9,11-12H,10H2,(H,20,21,22,25)/p+2. The molecule has 0 aliphatic heterocycles. The number of pyridine rings is 2. The van der Waals surface area contributed by atoms with Gasteiger partial charge in [0.2, 0.25) is 5.69 Å². The lowest BCUT2D eigenvalue weighted by molar-refractivity contribution is -0.520. The van der Waals surface area contributed by atoms with E-state index in [2.05, 4.69) is 25.3 Å². The summed E-state index contributed by atoms with van der Waals surface area (Å²) in [5.74, 6) is 1.14. The molecule has 4 heterocycles. The molecule has 4 aromatic heterocycles. The van der Waals surface area contributed by atoms with E-state index in [1.165, 1.54) is 6.33 Å². The number of H-pyrrole nitrogens is 2. The second kappa shape index (κ2) is 6.48. The minimum absolute atomic E-state index is 0.242. The number of carbonyl (C=O) groups excluding carboxylic acids is 1. The number of amides is 1. The molecule has 0 saturated heterocycles. The van der Waals surface area contributed by atoms with Crippen LogP contribution in [0, 0.1) is 0 Å². The van der Waals surface area contributed by atoms with Gasteiger partial charge < -0.3 is 5.32 Å². The van der Waals surface area contributed by atoms with Crippen molar-refractivity contribution in [2.45, 2.75) is 6.42 Å². The number of rotatable bonds is 4. The van der Waals surface area contributed by atoms with Crippen LogP contribution < -0.4 is 14.7 Å². The molecule has 0 radical (unpaired) electrons. The number of carbonyl (C=O) groups is 1. The van der Waals surface area contributed by atoms with Crippen molar-refractivity contribution < 1.29 is 14.2 Å². The molecule has 0 spiro atoms.